The highest BCUT2D eigenvalue weighted by molar-refractivity contribution is 6.23. The van der Waals surface area contributed by atoms with Gasteiger partial charge in [-0.05, 0) is 17.7 Å². The number of alkyl halides is 3. The van der Waals surface area contributed by atoms with Crippen LogP contribution in [0.25, 0.3) is 5.70 Å². The van der Waals surface area contributed by atoms with Gasteiger partial charge < -0.3 is 5.32 Å². The standard InChI is InChI=1S/C19H13F3N2O2/c1-24-16-12-4-2-3-5-13(12)17(25)14(16)15(23-18(24)26)10-6-8-11(9-7-10)19(20,21)22/h2-9,15H,1H3,(H,23,26). The molecule has 0 saturated heterocycles. The minimum Gasteiger partial charge on any atom is -0.327 e. The summed E-state index contributed by atoms with van der Waals surface area (Å²) in [4.78, 5) is 26.6. The van der Waals surface area contributed by atoms with Crippen molar-refractivity contribution in [3.63, 3.8) is 0 Å². The van der Waals surface area contributed by atoms with Crippen LogP contribution in [0.15, 0.2) is 54.1 Å². The Morgan fingerprint density at radius 1 is 0.962 bits per heavy atom. The average molecular weight is 358 g/mol. The first kappa shape index (κ1) is 16.4. The first-order valence-electron chi connectivity index (χ1n) is 7.88. The monoisotopic (exact) mass is 358 g/mol. The number of nitrogens with zero attached hydrogens (tertiary/aromatic N) is 1. The van der Waals surface area contributed by atoms with E-state index >= 15 is 0 Å². The molecule has 0 radical (unpaired) electrons. The van der Waals surface area contributed by atoms with Crippen LogP contribution in [-0.4, -0.2) is 23.8 Å². The predicted octanol–water partition coefficient (Wildman–Crippen LogP) is 4.01. The lowest BCUT2D eigenvalue weighted by Crippen LogP contribution is -2.44. The second-order valence-electron chi connectivity index (χ2n) is 6.20. The average Bonchev–Trinajstić information content (AvgIpc) is 2.91. The molecule has 1 atom stereocenters. The third kappa shape index (κ3) is 2.31. The summed E-state index contributed by atoms with van der Waals surface area (Å²) in [6.45, 7) is 0. The second-order valence-corrected chi connectivity index (χ2v) is 6.20. The molecule has 1 aliphatic carbocycles. The molecule has 132 valence electrons. The molecule has 26 heavy (non-hydrogen) atoms. The number of ketones is 1. The highest BCUT2D eigenvalue weighted by Gasteiger charge is 2.42. The minimum absolute atomic E-state index is 0.229. The summed E-state index contributed by atoms with van der Waals surface area (Å²) in [6.07, 6.45) is -4.45. The molecular weight excluding hydrogens is 345 g/mol. The Labute approximate surface area is 146 Å². The molecule has 1 unspecified atom stereocenters. The molecule has 1 aliphatic heterocycles. The SMILES string of the molecule is CN1C(=O)NC(c2ccc(C(F)(F)F)cc2)C2=C1c1ccccc1C2=O. The van der Waals surface area contributed by atoms with Crippen LogP contribution >= 0.6 is 0 Å². The summed E-state index contributed by atoms with van der Waals surface area (Å²) >= 11 is 0. The Morgan fingerprint density at radius 2 is 1.58 bits per heavy atom. The predicted molar refractivity (Wildman–Crippen MR) is 88.2 cm³/mol. The quantitative estimate of drug-likeness (QED) is 0.837. The number of hydrogen-bond donors (Lipinski definition) is 1. The van der Waals surface area contributed by atoms with Gasteiger partial charge in [0.15, 0.2) is 5.78 Å². The Balaban J connectivity index is 1.83. The first-order chi connectivity index (χ1) is 12.3. The zero-order valence-corrected chi connectivity index (χ0v) is 13.6. The van der Waals surface area contributed by atoms with Crippen molar-refractivity contribution in [1.82, 2.24) is 10.2 Å². The van der Waals surface area contributed by atoms with Gasteiger partial charge in [0.2, 0.25) is 0 Å². The molecule has 1 N–H and O–H groups in total. The molecule has 0 bridgehead atoms. The Kier molecular flexibility index (Phi) is 3.44. The van der Waals surface area contributed by atoms with E-state index in [0.717, 1.165) is 12.1 Å². The summed E-state index contributed by atoms with van der Waals surface area (Å²) in [7, 11) is 1.56. The maximum atomic E-state index is 12.9. The van der Waals surface area contributed by atoms with Gasteiger partial charge in [-0.25, -0.2) is 4.79 Å². The first-order valence-corrected chi connectivity index (χ1v) is 7.88. The van der Waals surface area contributed by atoms with Crippen LogP contribution in [0.2, 0.25) is 0 Å². The van der Waals surface area contributed by atoms with E-state index in [-0.39, 0.29) is 5.78 Å². The van der Waals surface area contributed by atoms with Crippen LogP contribution in [0, 0.1) is 0 Å². The lowest BCUT2D eigenvalue weighted by atomic mass is 9.93. The highest BCUT2D eigenvalue weighted by atomic mass is 19.4. The molecule has 2 aromatic carbocycles. The third-order valence-electron chi connectivity index (χ3n) is 4.69. The fraction of sp³-hybridized carbons (Fsp3) is 0.158. The van der Waals surface area contributed by atoms with Gasteiger partial charge in [-0.3, -0.25) is 9.69 Å². The minimum atomic E-state index is -4.45. The summed E-state index contributed by atoms with van der Waals surface area (Å²) in [6, 6.07) is 10.2. The van der Waals surface area contributed by atoms with E-state index in [2.05, 4.69) is 5.32 Å². The van der Waals surface area contributed by atoms with Crippen LogP contribution in [0.4, 0.5) is 18.0 Å². The Hall–Kier alpha value is -3.09. The van der Waals surface area contributed by atoms with Crippen LogP contribution in [0.5, 0.6) is 0 Å². The largest absolute Gasteiger partial charge is 0.416 e. The van der Waals surface area contributed by atoms with Crippen LogP contribution in [0.3, 0.4) is 0 Å². The molecule has 2 aromatic rings. The number of Topliss-reactive ketones (excluding diaryl/α,β-unsaturated/α-hetero) is 1. The summed E-state index contributed by atoms with van der Waals surface area (Å²) in [5, 5.41) is 2.70. The van der Waals surface area contributed by atoms with Gasteiger partial charge in [-0.15, -0.1) is 0 Å². The normalized spacial score (nSPS) is 19.4. The van der Waals surface area contributed by atoms with E-state index < -0.39 is 23.8 Å². The number of urea groups is 1. The van der Waals surface area contributed by atoms with Gasteiger partial charge in [0.25, 0.3) is 0 Å². The van der Waals surface area contributed by atoms with Crippen molar-refractivity contribution in [3.8, 4) is 0 Å². The molecule has 4 nitrogen and oxygen atoms in total. The molecule has 1 heterocycles. The number of benzene rings is 2. The van der Waals surface area contributed by atoms with Crippen molar-refractivity contribution in [2.45, 2.75) is 12.2 Å². The number of fused-ring (bicyclic) bond motifs is 2. The zero-order chi connectivity index (χ0) is 18.6. The van der Waals surface area contributed by atoms with Gasteiger partial charge in [-0.2, -0.15) is 13.2 Å². The maximum Gasteiger partial charge on any atom is 0.416 e. The third-order valence-corrected chi connectivity index (χ3v) is 4.69. The molecule has 0 saturated carbocycles. The summed E-state index contributed by atoms with van der Waals surface area (Å²) < 4.78 is 38.4. The number of rotatable bonds is 1. The smallest absolute Gasteiger partial charge is 0.327 e. The van der Waals surface area contributed by atoms with Gasteiger partial charge in [0.05, 0.1) is 22.9 Å². The van der Waals surface area contributed by atoms with Crippen LogP contribution in [-0.2, 0) is 6.18 Å². The molecule has 4 rings (SSSR count). The topological polar surface area (TPSA) is 49.4 Å². The molecule has 7 heteroatoms. The highest BCUT2D eigenvalue weighted by Crippen LogP contribution is 2.43. The summed E-state index contributed by atoms with van der Waals surface area (Å²) in [5.41, 5.74) is 1.65. The van der Waals surface area contributed by atoms with E-state index in [4.69, 9.17) is 0 Å². The molecule has 0 fully saturated rings. The van der Waals surface area contributed by atoms with E-state index in [9.17, 15) is 22.8 Å². The number of halogens is 3. The number of carbonyl (C=O) groups excluding carboxylic acids is 2. The fourth-order valence-corrected chi connectivity index (χ4v) is 3.42. The van der Waals surface area contributed by atoms with Crippen molar-refractivity contribution in [2.24, 2.45) is 0 Å². The van der Waals surface area contributed by atoms with Crippen molar-refractivity contribution in [1.29, 1.82) is 0 Å². The zero-order valence-electron chi connectivity index (χ0n) is 13.6. The van der Waals surface area contributed by atoms with Gasteiger partial charge in [0, 0.05) is 18.2 Å². The molecule has 0 aromatic heterocycles. The van der Waals surface area contributed by atoms with Crippen LogP contribution in [0.1, 0.15) is 33.1 Å². The maximum absolute atomic E-state index is 12.9. The van der Waals surface area contributed by atoms with Gasteiger partial charge in [-0.1, -0.05) is 36.4 Å². The van der Waals surface area contributed by atoms with Crippen molar-refractivity contribution in [2.75, 3.05) is 7.05 Å². The van der Waals surface area contributed by atoms with Gasteiger partial charge >= 0.3 is 12.2 Å². The van der Waals surface area contributed by atoms with E-state index in [1.54, 1.807) is 31.3 Å². The molecule has 2 amide bonds. The van der Waals surface area contributed by atoms with Gasteiger partial charge in [0.1, 0.15) is 0 Å². The fourth-order valence-electron chi connectivity index (χ4n) is 3.42. The van der Waals surface area contributed by atoms with Crippen LogP contribution < -0.4 is 5.32 Å². The molecule has 0 spiro atoms. The molecule has 2 aliphatic rings. The van der Waals surface area contributed by atoms with E-state index in [0.29, 0.717) is 28.0 Å². The second kappa shape index (κ2) is 5.45. The lowest BCUT2D eigenvalue weighted by Gasteiger charge is -2.32. The Bertz CT molecular complexity index is 961. The van der Waals surface area contributed by atoms with Crippen molar-refractivity contribution < 1.29 is 22.8 Å². The van der Waals surface area contributed by atoms with E-state index in [1.165, 1.54) is 17.0 Å². The number of hydrogen-bond acceptors (Lipinski definition) is 2. The van der Waals surface area contributed by atoms with E-state index in [1.807, 2.05) is 0 Å². The van der Waals surface area contributed by atoms with Crippen molar-refractivity contribution in [3.05, 3.63) is 76.4 Å². The number of carbonyl (C=O) groups is 2. The summed E-state index contributed by atoms with van der Waals surface area (Å²) in [5.74, 6) is -0.229. The lowest BCUT2D eigenvalue weighted by molar-refractivity contribution is -0.137. The van der Waals surface area contributed by atoms with Crippen molar-refractivity contribution >= 4 is 17.5 Å². The number of amides is 2. The molecular formula is C19H13F3N2O2. The number of nitrogens with one attached hydrogen (secondary N) is 1. The Morgan fingerprint density at radius 3 is 2.19 bits per heavy atom.